The van der Waals surface area contributed by atoms with Gasteiger partial charge in [-0.05, 0) is 25.3 Å². The van der Waals surface area contributed by atoms with Crippen LogP contribution >= 0.6 is 0 Å². The molecule has 2 unspecified atom stereocenters. The molecule has 1 fully saturated rings. The fraction of sp³-hybridized carbons (Fsp3) is 0.500. The zero-order valence-corrected chi connectivity index (χ0v) is 11.5. The van der Waals surface area contributed by atoms with Crippen LogP contribution in [0.3, 0.4) is 0 Å². The maximum atomic E-state index is 13.3. The van der Waals surface area contributed by atoms with Crippen LogP contribution in [0.25, 0.3) is 0 Å². The number of rotatable bonds is 2. The molecule has 1 aromatic rings. The van der Waals surface area contributed by atoms with Gasteiger partial charge in [-0.2, -0.15) is 13.2 Å². The molecule has 118 valence electrons. The summed E-state index contributed by atoms with van der Waals surface area (Å²) in [5.74, 6) is -0.170. The minimum absolute atomic E-state index is 0.118. The second-order valence-electron chi connectivity index (χ2n) is 5.50. The molecule has 2 atom stereocenters. The summed E-state index contributed by atoms with van der Waals surface area (Å²) in [6.45, 7) is 0. The van der Waals surface area contributed by atoms with E-state index in [2.05, 4.69) is 5.16 Å². The average Bonchev–Trinajstić information content (AvgIpc) is 2.89. The number of halogens is 3. The predicted molar refractivity (Wildman–Crippen MR) is 71.5 cm³/mol. The summed E-state index contributed by atoms with van der Waals surface area (Å²) in [7, 11) is 0. The summed E-state index contributed by atoms with van der Waals surface area (Å²) >= 11 is 0. The summed E-state index contributed by atoms with van der Waals surface area (Å²) in [6.07, 6.45) is -1.49. The van der Waals surface area contributed by atoms with Crippen LogP contribution in [0.1, 0.15) is 36.8 Å². The fourth-order valence-electron chi connectivity index (χ4n) is 3.08. The van der Waals surface area contributed by atoms with Gasteiger partial charge in [0.1, 0.15) is 6.10 Å². The summed E-state index contributed by atoms with van der Waals surface area (Å²) in [6, 6.07) is 2.76. The van der Waals surface area contributed by atoms with Crippen molar-refractivity contribution in [3.63, 3.8) is 0 Å². The van der Waals surface area contributed by atoms with Gasteiger partial charge in [0.15, 0.2) is 0 Å². The number of nitro benzene ring substituents is 1. The van der Waals surface area contributed by atoms with Crippen LogP contribution in [0.4, 0.5) is 18.9 Å². The van der Waals surface area contributed by atoms with Gasteiger partial charge in [-0.25, -0.2) is 0 Å². The summed E-state index contributed by atoms with van der Waals surface area (Å²) in [4.78, 5) is 15.1. The normalized spacial score (nSPS) is 24.4. The quantitative estimate of drug-likeness (QED) is 0.614. The van der Waals surface area contributed by atoms with Crippen molar-refractivity contribution in [3.8, 4) is 0 Å². The Labute approximate surface area is 123 Å². The molecule has 0 N–H and O–H groups in total. The number of hydrogen-bond donors (Lipinski definition) is 0. The van der Waals surface area contributed by atoms with E-state index in [0.717, 1.165) is 37.8 Å². The number of alkyl halides is 3. The van der Waals surface area contributed by atoms with Crippen LogP contribution in [0.15, 0.2) is 23.4 Å². The van der Waals surface area contributed by atoms with Crippen LogP contribution in [0.5, 0.6) is 0 Å². The molecule has 22 heavy (non-hydrogen) atoms. The summed E-state index contributed by atoms with van der Waals surface area (Å²) in [5, 5.41) is 14.6. The first kappa shape index (κ1) is 14.8. The maximum absolute atomic E-state index is 13.3. The second kappa shape index (κ2) is 5.26. The maximum Gasteiger partial charge on any atom is 0.417 e. The number of nitrogens with zero attached hydrogens (tertiary/aromatic N) is 2. The monoisotopic (exact) mass is 314 g/mol. The third-order valence-corrected chi connectivity index (χ3v) is 4.14. The molecule has 1 aliphatic carbocycles. The van der Waals surface area contributed by atoms with E-state index in [4.69, 9.17) is 4.84 Å². The minimum Gasteiger partial charge on any atom is -0.392 e. The number of hydrogen-bond acceptors (Lipinski definition) is 4. The number of benzene rings is 1. The molecule has 3 rings (SSSR count). The number of non-ortho nitro benzene ring substituents is 1. The molecule has 1 aliphatic heterocycles. The Bertz CT molecular complexity index is 643. The Hall–Kier alpha value is -2.12. The van der Waals surface area contributed by atoms with E-state index in [1.165, 1.54) is 0 Å². The molecular weight excluding hydrogens is 301 g/mol. The van der Waals surface area contributed by atoms with E-state index in [1.54, 1.807) is 0 Å². The first-order valence-corrected chi connectivity index (χ1v) is 6.97. The van der Waals surface area contributed by atoms with Crippen molar-refractivity contribution in [3.05, 3.63) is 39.4 Å². The van der Waals surface area contributed by atoms with E-state index >= 15 is 0 Å². The number of nitro groups is 1. The average molecular weight is 314 g/mol. The van der Waals surface area contributed by atoms with Gasteiger partial charge < -0.3 is 4.84 Å². The van der Waals surface area contributed by atoms with Crippen LogP contribution in [-0.2, 0) is 11.0 Å². The van der Waals surface area contributed by atoms with Gasteiger partial charge in [-0.3, -0.25) is 10.1 Å². The first-order valence-electron chi connectivity index (χ1n) is 6.97. The van der Waals surface area contributed by atoms with Gasteiger partial charge in [-0.1, -0.05) is 11.6 Å². The van der Waals surface area contributed by atoms with E-state index in [9.17, 15) is 23.3 Å². The van der Waals surface area contributed by atoms with Crippen molar-refractivity contribution in [2.75, 3.05) is 0 Å². The van der Waals surface area contributed by atoms with Crippen LogP contribution in [0, 0.1) is 16.0 Å². The van der Waals surface area contributed by atoms with E-state index in [0.29, 0.717) is 6.07 Å². The lowest BCUT2D eigenvalue weighted by molar-refractivity contribution is -0.385. The van der Waals surface area contributed by atoms with E-state index in [-0.39, 0.29) is 23.3 Å². The lowest BCUT2D eigenvalue weighted by Gasteiger charge is -2.24. The SMILES string of the molecule is O=[N+]([O-])c1ccc(C2=NOC3CCCCC23)c(C(F)(F)F)c1. The molecule has 2 aliphatic rings. The molecule has 0 radical (unpaired) electrons. The molecule has 5 nitrogen and oxygen atoms in total. The Morgan fingerprint density at radius 2 is 2.00 bits per heavy atom. The van der Waals surface area contributed by atoms with E-state index in [1.807, 2.05) is 0 Å². The van der Waals surface area contributed by atoms with Crippen molar-refractivity contribution in [1.82, 2.24) is 0 Å². The number of oxime groups is 1. The molecule has 1 heterocycles. The smallest absolute Gasteiger partial charge is 0.392 e. The van der Waals surface area contributed by atoms with Crippen molar-refractivity contribution >= 4 is 11.4 Å². The molecule has 1 saturated carbocycles. The summed E-state index contributed by atoms with van der Waals surface area (Å²) < 4.78 is 39.8. The van der Waals surface area contributed by atoms with Gasteiger partial charge in [0, 0.05) is 23.6 Å². The highest BCUT2D eigenvalue weighted by atomic mass is 19.4. The lowest BCUT2D eigenvalue weighted by atomic mass is 9.80. The van der Waals surface area contributed by atoms with E-state index < -0.39 is 22.4 Å². The standard InChI is InChI=1S/C14H13F3N2O3/c15-14(16,17)11-7-8(19(20)21)5-6-9(11)13-10-3-1-2-4-12(10)22-18-13/h5-7,10,12H,1-4H2. The highest BCUT2D eigenvalue weighted by Gasteiger charge is 2.42. The lowest BCUT2D eigenvalue weighted by Crippen LogP contribution is -2.28. The highest BCUT2D eigenvalue weighted by molar-refractivity contribution is 6.04. The molecule has 1 aromatic carbocycles. The van der Waals surface area contributed by atoms with Crippen LogP contribution in [-0.4, -0.2) is 16.7 Å². The Balaban J connectivity index is 2.05. The zero-order valence-electron chi connectivity index (χ0n) is 11.5. The number of fused-ring (bicyclic) bond motifs is 1. The topological polar surface area (TPSA) is 64.7 Å². The largest absolute Gasteiger partial charge is 0.417 e. The van der Waals surface area contributed by atoms with Gasteiger partial charge in [-0.15, -0.1) is 0 Å². The highest BCUT2D eigenvalue weighted by Crippen LogP contribution is 2.40. The Morgan fingerprint density at radius 1 is 1.27 bits per heavy atom. The second-order valence-corrected chi connectivity index (χ2v) is 5.50. The summed E-state index contributed by atoms with van der Waals surface area (Å²) in [5.41, 5.74) is -1.48. The molecule has 0 aromatic heterocycles. The van der Waals surface area contributed by atoms with Gasteiger partial charge in [0.05, 0.1) is 16.2 Å². The molecule has 0 spiro atoms. The molecule has 0 saturated heterocycles. The van der Waals surface area contributed by atoms with Crippen molar-refractivity contribution < 1.29 is 22.9 Å². The molecular formula is C14H13F3N2O3. The first-order chi connectivity index (χ1) is 10.4. The Kier molecular flexibility index (Phi) is 3.54. The van der Waals surface area contributed by atoms with Crippen molar-refractivity contribution in [2.24, 2.45) is 11.1 Å². The zero-order chi connectivity index (χ0) is 15.9. The van der Waals surface area contributed by atoms with Gasteiger partial charge >= 0.3 is 6.18 Å². The Morgan fingerprint density at radius 3 is 2.68 bits per heavy atom. The molecule has 0 amide bonds. The van der Waals surface area contributed by atoms with Crippen LogP contribution in [0.2, 0.25) is 0 Å². The molecule has 8 heteroatoms. The fourth-order valence-corrected chi connectivity index (χ4v) is 3.08. The van der Waals surface area contributed by atoms with Crippen LogP contribution < -0.4 is 0 Å². The third kappa shape index (κ3) is 2.53. The van der Waals surface area contributed by atoms with Gasteiger partial charge in [0.25, 0.3) is 5.69 Å². The third-order valence-electron chi connectivity index (χ3n) is 4.14. The van der Waals surface area contributed by atoms with Crippen molar-refractivity contribution in [2.45, 2.75) is 38.0 Å². The predicted octanol–water partition coefficient (Wildman–Crippen LogP) is 3.91. The van der Waals surface area contributed by atoms with Gasteiger partial charge in [0.2, 0.25) is 0 Å². The molecule has 0 bridgehead atoms. The minimum atomic E-state index is -4.68. The van der Waals surface area contributed by atoms with Crippen molar-refractivity contribution in [1.29, 1.82) is 0 Å².